The average Bonchev–Trinajstić information content (AvgIpc) is 3.20. The largest absolute Gasteiger partial charge is 0.458 e. The number of esters is 1. The molecule has 8 nitrogen and oxygen atoms in total. The van der Waals surface area contributed by atoms with Crippen LogP contribution in [-0.2, 0) is 23.9 Å². The Balaban J connectivity index is 1.16. The highest BCUT2D eigenvalue weighted by atomic mass is 16.5. The van der Waals surface area contributed by atoms with Crippen molar-refractivity contribution in [1.82, 2.24) is 5.32 Å². The van der Waals surface area contributed by atoms with Gasteiger partial charge in [-0.2, -0.15) is 0 Å². The Hall–Kier alpha value is -2.06. The number of hydrogen-bond donors (Lipinski definition) is 3. The second-order valence-corrected chi connectivity index (χ2v) is 13.9. The summed E-state index contributed by atoms with van der Waals surface area (Å²) in [6, 6.07) is 0. The second kappa shape index (κ2) is 11.3. The predicted octanol–water partition coefficient (Wildman–Crippen LogP) is 3.81. The number of carbonyl (C=O) groups excluding carboxylic acids is 4. The summed E-state index contributed by atoms with van der Waals surface area (Å²) in [6.07, 6.45) is 11.0. The molecule has 0 bridgehead atoms. The van der Waals surface area contributed by atoms with Crippen molar-refractivity contribution in [2.45, 2.75) is 115 Å². The molecule has 8 heteroatoms. The van der Waals surface area contributed by atoms with Crippen LogP contribution in [0.25, 0.3) is 0 Å². The molecule has 3 N–H and O–H groups in total. The van der Waals surface area contributed by atoms with Crippen molar-refractivity contribution in [3.63, 3.8) is 0 Å². The Kier molecular flexibility index (Phi) is 8.33. The molecule has 0 spiro atoms. The summed E-state index contributed by atoms with van der Waals surface area (Å²) >= 11 is 0. The first-order chi connectivity index (χ1) is 19.0. The monoisotopic (exact) mass is 557 g/mol. The Labute approximate surface area is 237 Å². The SMILES string of the molecule is C[C@]12CCC(=O)C=C1CC[C@@H]1[C@H]2[C@@H](O)C[C@@]2(C)[C@H]1CC[C@]2(O)C(=O)COC(=O)CCC(=O)NCC1CCCCC1. The lowest BCUT2D eigenvalue weighted by Gasteiger charge is -2.60. The van der Waals surface area contributed by atoms with Crippen LogP contribution in [0.15, 0.2) is 11.6 Å². The lowest BCUT2D eigenvalue weighted by molar-refractivity contribution is -0.184. The van der Waals surface area contributed by atoms with Gasteiger partial charge in [0.15, 0.2) is 12.4 Å². The van der Waals surface area contributed by atoms with Crippen LogP contribution in [0.2, 0.25) is 0 Å². The first kappa shape index (κ1) is 29.4. The van der Waals surface area contributed by atoms with Gasteiger partial charge < -0.3 is 20.3 Å². The van der Waals surface area contributed by atoms with Gasteiger partial charge in [0.2, 0.25) is 11.7 Å². The van der Waals surface area contributed by atoms with Gasteiger partial charge >= 0.3 is 5.97 Å². The molecule has 4 fully saturated rings. The molecule has 5 aliphatic rings. The Morgan fingerprint density at radius 2 is 1.77 bits per heavy atom. The van der Waals surface area contributed by atoms with Crippen LogP contribution in [0.4, 0.5) is 0 Å². The van der Waals surface area contributed by atoms with Crippen molar-refractivity contribution >= 4 is 23.4 Å². The number of aliphatic hydroxyl groups is 2. The first-order valence-corrected chi connectivity index (χ1v) is 15.6. The number of ketones is 2. The number of aliphatic hydroxyl groups excluding tert-OH is 1. The fourth-order valence-corrected chi connectivity index (χ4v) is 9.44. The highest BCUT2D eigenvalue weighted by Gasteiger charge is 2.68. The summed E-state index contributed by atoms with van der Waals surface area (Å²) in [5.74, 6) is -0.450. The molecule has 0 aromatic heterocycles. The van der Waals surface area contributed by atoms with Crippen LogP contribution in [-0.4, -0.2) is 58.5 Å². The zero-order chi connectivity index (χ0) is 28.7. The Morgan fingerprint density at radius 1 is 1.02 bits per heavy atom. The van der Waals surface area contributed by atoms with Gasteiger partial charge in [0.05, 0.1) is 12.5 Å². The van der Waals surface area contributed by atoms with Crippen molar-refractivity contribution in [3.05, 3.63) is 11.6 Å². The second-order valence-electron chi connectivity index (χ2n) is 13.9. The normalized spacial score (nSPS) is 39.4. The van der Waals surface area contributed by atoms with Crippen molar-refractivity contribution in [1.29, 1.82) is 0 Å². The van der Waals surface area contributed by atoms with E-state index in [9.17, 15) is 29.4 Å². The molecule has 5 aliphatic carbocycles. The van der Waals surface area contributed by atoms with E-state index >= 15 is 0 Å². The third-order valence-corrected chi connectivity index (χ3v) is 11.7. The quantitative estimate of drug-likeness (QED) is 0.387. The topological polar surface area (TPSA) is 130 Å². The molecular weight excluding hydrogens is 510 g/mol. The molecule has 4 saturated carbocycles. The third kappa shape index (κ3) is 5.19. The van der Waals surface area contributed by atoms with Gasteiger partial charge in [-0.05, 0) is 86.5 Å². The smallest absolute Gasteiger partial charge is 0.306 e. The minimum Gasteiger partial charge on any atom is -0.458 e. The molecule has 222 valence electrons. The average molecular weight is 558 g/mol. The molecule has 0 radical (unpaired) electrons. The molecule has 0 aromatic rings. The molecule has 7 atom stereocenters. The molecule has 0 aromatic carbocycles. The van der Waals surface area contributed by atoms with E-state index in [1.807, 2.05) is 6.92 Å². The predicted molar refractivity (Wildman–Crippen MR) is 148 cm³/mol. The van der Waals surface area contributed by atoms with Gasteiger partial charge in [-0.3, -0.25) is 19.2 Å². The summed E-state index contributed by atoms with van der Waals surface area (Å²) in [5, 5.41) is 26.2. The fraction of sp³-hybridized carbons (Fsp3) is 0.812. The zero-order valence-electron chi connectivity index (χ0n) is 24.2. The number of Topliss-reactive ketones (excluding diaryl/α,β-unsaturated/α-hetero) is 1. The number of amides is 1. The molecule has 5 rings (SSSR count). The van der Waals surface area contributed by atoms with Gasteiger partial charge in [-0.15, -0.1) is 0 Å². The number of hydrogen-bond acceptors (Lipinski definition) is 7. The lowest BCUT2D eigenvalue weighted by atomic mass is 9.45. The number of carbonyl (C=O) groups is 4. The van der Waals surface area contributed by atoms with E-state index in [1.54, 1.807) is 6.08 Å². The maximum Gasteiger partial charge on any atom is 0.306 e. The van der Waals surface area contributed by atoms with Gasteiger partial charge in [-0.25, -0.2) is 0 Å². The van der Waals surface area contributed by atoms with E-state index in [4.69, 9.17) is 4.74 Å². The van der Waals surface area contributed by atoms with E-state index in [0.717, 1.165) is 37.7 Å². The van der Waals surface area contributed by atoms with Gasteiger partial charge in [0.25, 0.3) is 0 Å². The Morgan fingerprint density at radius 3 is 2.52 bits per heavy atom. The molecular formula is C32H47NO7. The van der Waals surface area contributed by atoms with Crippen LogP contribution >= 0.6 is 0 Å². The van der Waals surface area contributed by atoms with Crippen molar-refractivity contribution in [2.75, 3.05) is 13.2 Å². The molecule has 40 heavy (non-hydrogen) atoms. The third-order valence-electron chi connectivity index (χ3n) is 11.7. The summed E-state index contributed by atoms with van der Waals surface area (Å²) in [6.45, 7) is 4.20. The molecule has 0 heterocycles. The van der Waals surface area contributed by atoms with Crippen LogP contribution in [0.5, 0.6) is 0 Å². The molecule has 0 saturated heterocycles. The zero-order valence-corrected chi connectivity index (χ0v) is 24.2. The van der Waals surface area contributed by atoms with E-state index < -0.39 is 35.5 Å². The number of ether oxygens (including phenoxy) is 1. The van der Waals surface area contributed by atoms with Gasteiger partial charge in [0.1, 0.15) is 5.60 Å². The number of fused-ring (bicyclic) bond motifs is 5. The van der Waals surface area contributed by atoms with Crippen LogP contribution in [0.1, 0.15) is 104 Å². The molecule has 0 unspecified atom stereocenters. The maximum absolute atomic E-state index is 13.4. The number of allylic oxidation sites excluding steroid dienone is 1. The lowest BCUT2D eigenvalue weighted by Crippen LogP contribution is -2.62. The number of nitrogens with one attached hydrogen (secondary N) is 1. The first-order valence-electron chi connectivity index (χ1n) is 15.6. The summed E-state index contributed by atoms with van der Waals surface area (Å²) in [7, 11) is 0. The van der Waals surface area contributed by atoms with E-state index in [-0.39, 0.29) is 54.1 Å². The Bertz CT molecular complexity index is 1060. The van der Waals surface area contributed by atoms with Gasteiger partial charge in [-0.1, -0.05) is 38.7 Å². The minimum atomic E-state index is -1.68. The van der Waals surface area contributed by atoms with Crippen LogP contribution in [0.3, 0.4) is 0 Å². The fourth-order valence-electron chi connectivity index (χ4n) is 9.44. The highest BCUT2D eigenvalue weighted by Crippen LogP contribution is 2.67. The molecule has 1 amide bonds. The van der Waals surface area contributed by atoms with E-state index in [1.165, 1.54) is 19.3 Å². The summed E-state index contributed by atoms with van der Waals surface area (Å²) < 4.78 is 5.25. The number of rotatable bonds is 8. The summed E-state index contributed by atoms with van der Waals surface area (Å²) in [4.78, 5) is 50.1. The summed E-state index contributed by atoms with van der Waals surface area (Å²) in [5.41, 5.74) is -1.59. The van der Waals surface area contributed by atoms with Crippen molar-refractivity contribution in [3.8, 4) is 0 Å². The maximum atomic E-state index is 13.4. The molecule has 0 aliphatic heterocycles. The van der Waals surface area contributed by atoms with E-state index in [2.05, 4.69) is 12.2 Å². The standard InChI is InChI=1S/C32H47NO7/c1-30-14-12-22(34)16-21(30)8-9-23-24-13-15-32(39,31(24,2)17-25(35)29(23)30)26(36)19-40-28(38)11-10-27(37)33-18-20-6-4-3-5-7-20/h16,20,23-25,29,35,39H,3-15,17-19H2,1-2H3,(H,33,37)/t23-,24-,25-,29-,30-,31-,32-/m0/s1. The van der Waals surface area contributed by atoms with Gasteiger partial charge in [0, 0.05) is 24.8 Å². The van der Waals surface area contributed by atoms with E-state index in [0.29, 0.717) is 31.7 Å². The van der Waals surface area contributed by atoms with Crippen molar-refractivity contribution in [2.24, 2.45) is 34.5 Å². The van der Waals surface area contributed by atoms with Crippen LogP contribution < -0.4 is 5.32 Å². The van der Waals surface area contributed by atoms with Crippen molar-refractivity contribution < 1.29 is 34.1 Å². The highest BCUT2D eigenvalue weighted by molar-refractivity contribution is 5.92. The minimum absolute atomic E-state index is 0.00165. The van der Waals surface area contributed by atoms with Crippen LogP contribution in [0, 0.1) is 34.5 Å².